The van der Waals surface area contributed by atoms with Crippen molar-refractivity contribution in [1.82, 2.24) is 19.6 Å². The number of hydrogen-bond acceptors (Lipinski definition) is 5. The molecule has 9 heteroatoms. The number of halogens is 2. The fraction of sp³-hybridized carbons (Fsp3) is 0.250. The van der Waals surface area contributed by atoms with Crippen LogP contribution in [0.4, 0.5) is 14.5 Å². The van der Waals surface area contributed by atoms with Crippen LogP contribution in [0.2, 0.25) is 0 Å². The summed E-state index contributed by atoms with van der Waals surface area (Å²) in [4.78, 5) is 20.5. The second-order valence-corrected chi connectivity index (χ2v) is 5.48. The van der Waals surface area contributed by atoms with E-state index in [0.717, 1.165) is 30.6 Å². The zero-order chi connectivity index (χ0) is 18.1. The first-order valence-electron chi connectivity index (χ1n) is 7.40. The highest BCUT2D eigenvalue weighted by Gasteiger charge is 2.15. The smallest absolute Gasteiger partial charge is 0.252 e. The number of aryl methyl sites for hydroxylation is 2. The third-order valence-electron chi connectivity index (χ3n) is 3.47. The number of ether oxygens (including phenoxy) is 1. The molecule has 2 heterocycles. The molecule has 0 unspecified atom stereocenters. The molecular weight excluding hydrogens is 332 g/mol. The molecule has 25 heavy (non-hydrogen) atoms. The summed E-state index contributed by atoms with van der Waals surface area (Å²) in [7, 11) is 1.16. The van der Waals surface area contributed by atoms with Gasteiger partial charge in [0.2, 0.25) is 5.91 Å². The Morgan fingerprint density at radius 3 is 2.52 bits per heavy atom. The fourth-order valence-corrected chi connectivity index (χ4v) is 2.46. The second kappa shape index (κ2) is 6.42. The van der Waals surface area contributed by atoms with Crippen molar-refractivity contribution in [3.8, 4) is 5.75 Å². The topological polar surface area (TPSA) is 81.4 Å². The van der Waals surface area contributed by atoms with Gasteiger partial charge in [0.1, 0.15) is 0 Å². The van der Waals surface area contributed by atoms with Crippen LogP contribution < -0.4 is 10.1 Å². The van der Waals surface area contributed by atoms with Gasteiger partial charge in [-0.3, -0.25) is 4.79 Å². The van der Waals surface area contributed by atoms with Crippen LogP contribution in [0.1, 0.15) is 17.2 Å². The molecule has 0 aliphatic carbocycles. The molecule has 0 saturated carbocycles. The summed E-state index contributed by atoms with van der Waals surface area (Å²) in [5.74, 6) is -2.17. The molecule has 1 aromatic carbocycles. The normalized spacial score (nSPS) is 10.9. The molecule has 0 fully saturated rings. The SMILES string of the molecule is COc1c(F)cc(NC(=O)Cc2nc3nc(C)cc(C)n3n2)cc1F. The number of rotatable bonds is 4. The zero-order valence-electron chi connectivity index (χ0n) is 13.8. The maximum atomic E-state index is 13.7. The average molecular weight is 347 g/mol. The first-order chi connectivity index (χ1) is 11.9. The predicted molar refractivity (Wildman–Crippen MR) is 85.5 cm³/mol. The van der Waals surface area contributed by atoms with Crippen molar-refractivity contribution >= 4 is 17.4 Å². The van der Waals surface area contributed by atoms with Gasteiger partial charge >= 0.3 is 0 Å². The summed E-state index contributed by atoms with van der Waals surface area (Å²) >= 11 is 0. The van der Waals surface area contributed by atoms with Gasteiger partial charge in [-0.25, -0.2) is 18.3 Å². The van der Waals surface area contributed by atoms with Gasteiger partial charge in [-0.15, -0.1) is 5.10 Å². The largest absolute Gasteiger partial charge is 0.491 e. The Labute approximate surface area is 141 Å². The molecule has 3 aromatic rings. The minimum absolute atomic E-state index is 0.0188. The number of fused-ring (bicyclic) bond motifs is 1. The Bertz CT molecular complexity index is 948. The monoisotopic (exact) mass is 347 g/mol. The molecule has 0 aliphatic rings. The molecule has 1 N–H and O–H groups in total. The highest BCUT2D eigenvalue weighted by atomic mass is 19.1. The number of anilines is 1. The number of nitrogens with zero attached hydrogens (tertiary/aromatic N) is 4. The number of methoxy groups -OCH3 is 1. The summed E-state index contributed by atoms with van der Waals surface area (Å²) in [5.41, 5.74) is 1.60. The van der Waals surface area contributed by atoms with Crippen LogP contribution in [-0.2, 0) is 11.2 Å². The molecule has 1 amide bonds. The Balaban J connectivity index is 1.78. The van der Waals surface area contributed by atoms with E-state index in [4.69, 9.17) is 0 Å². The van der Waals surface area contributed by atoms with Crippen molar-refractivity contribution in [2.45, 2.75) is 20.3 Å². The molecule has 0 saturated heterocycles. The van der Waals surface area contributed by atoms with E-state index in [1.165, 1.54) is 4.52 Å². The fourth-order valence-electron chi connectivity index (χ4n) is 2.46. The van der Waals surface area contributed by atoms with Crippen molar-refractivity contribution in [2.75, 3.05) is 12.4 Å². The summed E-state index contributed by atoms with van der Waals surface area (Å²) in [6, 6.07) is 3.80. The molecule has 0 spiro atoms. The maximum Gasteiger partial charge on any atom is 0.252 e. The summed E-state index contributed by atoms with van der Waals surface area (Å²) in [6.07, 6.45) is -0.156. The number of hydrogen-bond donors (Lipinski definition) is 1. The third-order valence-corrected chi connectivity index (χ3v) is 3.47. The van der Waals surface area contributed by atoms with Crippen molar-refractivity contribution in [3.63, 3.8) is 0 Å². The third kappa shape index (κ3) is 3.39. The van der Waals surface area contributed by atoms with Gasteiger partial charge in [0.05, 0.1) is 13.5 Å². The standard InChI is InChI=1S/C16H15F2N5O2/c1-8-4-9(2)23-16(19-8)21-13(22-23)7-14(24)20-10-5-11(17)15(25-3)12(18)6-10/h4-6H,7H2,1-3H3,(H,20,24). The Morgan fingerprint density at radius 2 is 1.88 bits per heavy atom. The lowest BCUT2D eigenvalue weighted by atomic mass is 10.2. The predicted octanol–water partition coefficient (Wildman–Crippen LogP) is 2.21. The van der Waals surface area contributed by atoms with Crippen molar-refractivity contribution in [2.24, 2.45) is 0 Å². The van der Waals surface area contributed by atoms with Gasteiger partial charge in [0.25, 0.3) is 5.78 Å². The molecule has 0 bridgehead atoms. The number of aromatic nitrogens is 4. The number of carbonyl (C=O) groups excluding carboxylic acids is 1. The molecule has 0 aliphatic heterocycles. The summed E-state index contributed by atoms with van der Waals surface area (Å²) in [6.45, 7) is 3.68. The van der Waals surface area contributed by atoms with Crippen molar-refractivity contribution < 1.29 is 18.3 Å². The second-order valence-electron chi connectivity index (χ2n) is 5.48. The maximum absolute atomic E-state index is 13.7. The lowest BCUT2D eigenvalue weighted by Crippen LogP contribution is -2.16. The van der Waals surface area contributed by atoms with Gasteiger partial charge < -0.3 is 10.1 Å². The van der Waals surface area contributed by atoms with E-state index >= 15 is 0 Å². The van der Waals surface area contributed by atoms with Crippen LogP contribution in [0.3, 0.4) is 0 Å². The van der Waals surface area contributed by atoms with Crippen LogP contribution in [0.15, 0.2) is 18.2 Å². The van der Waals surface area contributed by atoms with Gasteiger partial charge in [0, 0.05) is 29.2 Å². The highest BCUT2D eigenvalue weighted by molar-refractivity contribution is 5.91. The van der Waals surface area contributed by atoms with Gasteiger partial charge in [-0.1, -0.05) is 0 Å². The number of benzene rings is 1. The molecule has 0 atom stereocenters. The van der Waals surface area contributed by atoms with Gasteiger partial charge in [-0.05, 0) is 19.9 Å². The highest BCUT2D eigenvalue weighted by Crippen LogP contribution is 2.25. The van der Waals surface area contributed by atoms with E-state index in [1.807, 2.05) is 19.9 Å². The summed E-state index contributed by atoms with van der Waals surface area (Å²) in [5, 5.41) is 6.62. The molecule has 0 radical (unpaired) electrons. The lowest BCUT2D eigenvalue weighted by Gasteiger charge is -2.07. The summed E-state index contributed by atoms with van der Waals surface area (Å²) < 4.78 is 33.4. The van der Waals surface area contributed by atoms with Crippen molar-refractivity contribution in [3.05, 3.63) is 47.0 Å². The van der Waals surface area contributed by atoms with Gasteiger partial charge in [0.15, 0.2) is 23.2 Å². The van der Waals surface area contributed by atoms with E-state index < -0.39 is 23.3 Å². The number of amides is 1. The van der Waals surface area contributed by atoms with Crippen LogP contribution >= 0.6 is 0 Å². The lowest BCUT2D eigenvalue weighted by molar-refractivity contribution is -0.115. The van der Waals surface area contributed by atoms with Crippen LogP contribution in [-0.4, -0.2) is 32.6 Å². The van der Waals surface area contributed by atoms with E-state index in [-0.39, 0.29) is 17.9 Å². The minimum atomic E-state index is -0.904. The number of carbonyl (C=O) groups is 1. The first-order valence-corrected chi connectivity index (χ1v) is 7.40. The molecule has 3 rings (SSSR count). The molecule has 7 nitrogen and oxygen atoms in total. The quantitative estimate of drug-likeness (QED) is 0.783. The Hall–Kier alpha value is -3.10. The van der Waals surface area contributed by atoms with E-state index in [0.29, 0.717) is 5.78 Å². The zero-order valence-corrected chi connectivity index (χ0v) is 13.8. The van der Waals surface area contributed by atoms with Crippen LogP contribution in [0.25, 0.3) is 5.78 Å². The molecular formula is C16H15F2N5O2. The Morgan fingerprint density at radius 1 is 1.20 bits per heavy atom. The van der Waals surface area contributed by atoms with Crippen molar-refractivity contribution in [1.29, 1.82) is 0 Å². The van der Waals surface area contributed by atoms with Gasteiger partial charge in [-0.2, -0.15) is 4.98 Å². The average Bonchev–Trinajstić information content (AvgIpc) is 2.89. The van der Waals surface area contributed by atoms with Crippen LogP contribution in [0.5, 0.6) is 5.75 Å². The molecule has 130 valence electrons. The van der Waals surface area contributed by atoms with E-state index in [9.17, 15) is 13.6 Å². The Kier molecular flexibility index (Phi) is 4.30. The first kappa shape index (κ1) is 16.7. The van der Waals surface area contributed by atoms with Crippen LogP contribution in [0, 0.1) is 25.5 Å². The molecule has 2 aromatic heterocycles. The van der Waals surface area contributed by atoms with E-state index in [1.54, 1.807) is 0 Å². The number of nitrogens with one attached hydrogen (secondary N) is 1. The van der Waals surface area contributed by atoms with E-state index in [2.05, 4.69) is 25.1 Å². The minimum Gasteiger partial charge on any atom is -0.491 e.